The highest BCUT2D eigenvalue weighted by atomic mass is 16.5. The van der Waals surface area contributed by atoms with Gasteiger partial charge < -0.3 is 20.3 Å². The normalized spacial score (nSPS) is 33.4. The van der Waals surface area contributed by atoms with Gasteiger partial charge in [-0.15, -0.1) is 6.42 Å². The van der Waals surface area contributed by atoms with E-state index in [2.05, 4.69) is 21.5 Å². The maximum absolute atomic E-state index is 11.7. The van der Waals surface area contributed by atoms with Crippen LogP contribution >= 0.6 is 0 Å². The van der Waals surface area contributed by atoms with Crippen molar-refractivity contribution >= 4 is 18.2 Å². The van der Waals surface area contributed by atoms with Gasteiger partial charge in [0.25, 0.3) is 0 Å². The number of terminal acetylenes is 1. The average Bonchev–Trinajstić information content (AvgIpc) is 2.64. The summed E-state index contributed by atoms with van der Waals surface area (Å²) in [5, 5.41) is 31.7. The van der Waals surface area contributed by atoms with E-state index >= 15 is 0 Å². The molecule has 0 aromatic heterocycles. The van der Waals surface area contributed by atoms with Crippen molar-refractivity contribution in [3.63, 3.8) is 0 Å². The summed E-state index contributed by atoms with van der Waals surface area (Å²) in [4.78, 5) is 15.3. The van der Waals surface area contributed by atoms with Gasteiger partial charge in [0.15, 0.2) is 6.23 Å². The van der Waals surface area contributed by atoms with Crippen molar-refractivity contribution in [2.75, 3.05) is 0 Å². The highest BCUT2D eigenvalue weighted by Crippen LogP contribution is 2.38. The van der Waals surface area contributed by atoms with E-state index in [1.54, 1.807) is 13.8 Å². The second kappa shape index (κ2) is 6.67. The molecule has 1 saturated heterocycles. The van der Waals surface area contributed by atoms with Crippen molar-refractivity contribution in [1.29, 1.82) is 5.41 Å². The molecule has 1 aliphatic heterocycles. The van der Waals surface area contributed by atoms with Crippen LogP contribution in [0, 0.1) is 23.2 Å². The molecule has 0 radical (unpaired) electrons. The zero-order chi connectivity index (χ0) is 16.2. The van der Waals surface area contributed by atoms with Gasteiger partial charge in [0, 0.05) is 6.21 Å². The lowest BCUT2D eigenvalue weighted by Gasteiger charge is -2.27. The number of carbonyl (C=O) groups is 1. The van der Waals surface area contributed by atoms with Crippen LogP contribution in [0.25, 0.3) is 0 Å². The van der Waals surface area contributed by atoms with Gasteiger partial charge in [0.2, 0.25) is 5.96 Å². The molecule has 0 spiro atoms. The number of amides is 2. The van der Waals surface area contributed by atoms with Crippen molar-refractivity contribution < 1.29 is 19.7 Å². The molecule has 2 unspecified atom stereocenters. The molecule has 2 amide bonds. The van der Waals surface area contributed by atoms with Crippen LogP contribution in [-0.4, -0.2) is 53.0 Å². The van der Waals surface area contributed by atoms with E-state index in [0.717, 1.165) is 0 Å². The van der Waals surface area contributed by atoms with Gasteiger partial charge in [-0.25, -0.2) is 9.79 Å². The van der Waals surface area contributed by atoms with E-state index in [9.17, 15) is 15.0 Å². The first-order chi connectivity index (χ1) is 9.76. The molecule has 1 aliphatic rings. The average molecular weight is 296 g/mol. The molecule has 5 N–H and O–H groups in total. The third kappa shape index (κ3) is 3.58. The molecule has 1 fully saturated rings. The Hall–Kier alpha value is -1.95. The number of aliphatic hydroxyl groups excluding tert-OH is 2. The highest BCUT2D eigenvalue weighted by Gasteiger charge is 2.54. The fourth-order valence-corrected chi connectivity index (χ4v) is 2.02. The van der Waals surface area contributed by atoms with Gasteiger partial charge in [0.05, 0.1) is 6.10 Å². The summed E-state index contributed by atoms with van der Waals surface area (Å²) >= 11 is 0. The Labute approximate surface area is 123 Å². The number of urea groups is 1. The number of hydrogen-bond acceptors (Lipinski definition) is 5. The van der Waals surface area contributed by atoms with E-state index in [1.165, 1.54) is 13.1 Å². The molecular weight excluding hydrogens is 276 g/mol. The predicted octanol–water partition coefficient (Wildman–Crippen LogP) is -0.583. The number of hydrogen-bond donors (Lipinski definition) is 5. The lowest BCUT2D eigenvalue weighted by molar-refractivity contribution is -0.0621. The van der Waals surface area contributed by atoms with Crippen molar-refractivity contribution in [3.8, 4) is 12.3 Å². The molecule has 1 rings (SSSR count). The molecule has 1 heterocycles. The molecule has 8 heteroatoms. The first-order valence-electron chi connectivity index (χ1n) is 6.40. The number of nitrogens with zero attached hydrogens (tertiary/aromatic N) is 1. The highest BCUT2D eigenvalue weighted by molar-refractivity contribution is 5.97. The maximum Gasteiger partial charge on any atom is 0.323 e. The molecule has 0 bridgehead atoms. The molecule has 116 valence electrons. The number of aliphatic imine (C=N–C) groups is 1. The topological polar surface area (TPSA) is 127 Å². The smallest absolute Gasteiger partial charge is 0.323 e. The summed E-state index contributed by atoms with van der Waals surface area (Å²) in [6, 6.07) is -0.740. The molecule has 21 heavy (non-hydrogen) atoms. The summed E-state index contributed by atoms with van der Waals surface area (Å²) < 4.78 is 5.43. The number of ether oxygens (including phenoxy) is 1. The number of aliphatic hydroxyl groups is 2. The number of carbonyl (C=O) groups excluding carboxylic acids is 1. The Bertz CT molecular complexity index is 485. The summed E-state index contributed by atoms with van der Waals surface area (Å²) in [5.74, 6) is 2.05. The van der Waals surface area contributed by atoms with Crippen molar-refractivity contribution in [1.82, 2.24) is 10.6 Å². The van der Waals surface area contributed by atoms with Crippen LogP contribution < -0.4 is 10.6 Å². The van der Waals surface area contributed by atoms with Crippen LogP contribution in [0.4, 0.5) is 4.79 Å². The Kier molecular flexibility index (Phi) is 5.43. The fraction of sp³-hybridized carbons (Fsp3) is 0.615. The van der Waals surface area contributed by atoms with Gasteiger partial charge in [-0.2, -0.15) is 0 Å². The standard InChI is InChI=1S/C13H20N4O4/c1-5-13(4)9(19)8(7(3)18)21-10(13)16-12(20)17-11(14)15-6-2/h1,6-10,18-19H,2-4H3,(H3,14,16,17,20)/t7-,8-,9?,10-,13?/m1/s1. The number of rotatable bonds is 2. The van der Waals surface area contributed by atoms with Crippen LogP contribution in [0.1, 0.15) is 20.8 Å². The van der Waals surface area contributed by atoms with Crippen LogP contribution in [0.2, 0.25) is 0 Å². The zero-order valence-corrected chi connectivity index (χ0v) is 12.1. The summed E-state index contributed by atoms with van der Waals surface area (Å²) in [5.41, 5.74) is -1.20. The van der Waals surface area contributed by atoms with E-state index < -0.39 is 36.0 Å². The summed E-state index contributed by atoms with van der Waals surface area (Å²) in [7, 11) is 0. The maximum atomic E-state index is 11.7. The Morgan fingerprint density at radius 2 is 2.29 bits per heavy atom. The first-order valence-corrected chi connectivity index (χ1v) is 6.40. The van der Waals surface area contributed by atoms with Gasteiger partial charge in [-0.05, 0) is 20.8 Å². The minimum absolute atomic E-state index is 0.344. The van der Waals surface area contributed by atoms with Crippen molar-refractivity contribution in [2.24, 2.45) is 10.4 Å². The Morgan fingerprint density at radius 1 is 1.67 bits per heavy atom. The van der Waals surface area contributed by atoms with Crippen LogP contribution in [-0.2, 0) is 4.74 Å². The lowest BCUT2D eigenvalue weighted by atomic mass is 9.82. The zero-order valence-electron chi connectivity index (χ0n) is 12.1. The fourth-order valence-electron chi connectivity index (χ4n) is 2.02. The lowest BCUT2D eigenvalue weighted by Crippen LogP contribution is -2.51. The van der Waals surface area contributed by atoms with Crippen LogP contribution in [0.15, 0.2) is 4.99 Å². The van der Waals surface area contributed by atoms with Crippen LogP contribution in [0.3, 0.4) is 0 Å². The first kappa shape index (κ1) is 17.1. The molecule has 0 aromatic rings. The second-order valence-corrected chi connectivity index (χ2v) is 4.93. The monoisotopic (exact) mass is 296 g/mol. The van der Waals surface area contributed by atoms with Crippen molar-refractivity contribution in [2.45, 2.75) is 45.3 Å². The Balaban J connectivity index is 2.80. The minimum atomic E-state index is -1.20. The molecule has 0 aliphatic carbocycles. The molecule has 0 saturated carbocycles. The summed E-state index contributed by atoms with van der Waals surface area (Å²) in [6.07, 6.45) is 2.77. The van der Waals surface area contributed by atoms with Gasteiger partial charge >= 0.3 is 6.03 Å². The molecule has 5 atom stereocenters. The molecule has 8 nitrogen and oxygen atoms in total. The van der Waals surface area contributed by atoms with Gasteiger partial charge in [-0.3, -0.25) is 10.7 Å². The van der Waals surface area contributed by atoms with E-state index in [4.69, 9.17) is 16.6 Å². The van der Waals surface area contributed by atoms with E-state index in [-0.39, 0.29) is 5.96 Å². The van der Waals surface area contributed by atoms with E-state index in [1.807, 2.05) is 0 Å². The van der Waals surface area contributed by atoms with Gasteiger partial charge in [-0.1, -0.05) is 5.92 Å². The number of nitrogens with one attached hydrogen (secondary N) is 3. The molecular formula is C13H20N4O4. The third-order valence-corrected chi connectivity index (χ3v) is 3.30. The quantitative estimate of drug-likeness (QED) is 0.265. The van der Waals surface area contributed by atoms with Crippen LogP contribution in [0.5, 0.6) is 0 Å². The largest absolute Gasteiger partial charge is 0.391 e. The summed E-state index contributed by atoms with van der Waals surface area (Å²) in [6.45, 7) is 4.60. The third-order valence-electron chi connectivity index (χ3n) is 3.30. The second-order valence-electron chi connectivity index (χ2n) is 4.93. The Morgan fingerprint density at radius 3 is 2.76 bits per heavy atom. The minimum Gasteiger partial charge on any atom is -0.391 e. The predicted molar refractivity (Wildman–Crippen MR) is 76.8 cm³/mol. The van der Waals surface area contributed by atoms with E-state index in [0.29, 0.717) is 0 Å². The SMILES string of the molecule is C#CC1(C)C(O)[C@@H]([C@@H](C)O)O[C@H]1NC(=O)NC(=N)N=CC. The van der Waals surface area contributed by atoms with Gasteiger partial charge in [0.1, 0.15) is 17.6 Å². The number of guanidine groups is 1. The van der Waals surface area contributed by atoms with Crippen molar-refractivity contribution in [3.05, 3.63) is 0 Å². The molecule has 0 aromatic carbocycles.